The minimum atomic E-state index is 0.801. The van der Waals surface area contributed by atoms with Crippen LogP contribution in [0.4, 0.5) is 5.69 Å². The average Bonchev–Trinajstić information content (AvgIpc) is 2.03. The van der Waals surface area contributed by atoms with Crippen molar-refractivity contribution in [2.75, 3.05) is 21.1 Å². The van der Waals surface area contributed by atoms with Gasteiger partial charge in [0.2, 0.25) is 0 Å². The van der Waals surface area contributed by atoms with Crippen LogP contribution in [0.2, 0.25) is 0 Å². The van der Waals surface area contributed by atoms with E-state index in [2.05, 4.69) is 33.1 Å². The summed E-state index contributed by atoms with van der Waals surface area (Å²) in [6.45, 7) is 0. The SMILES string of the molecule is C#Cc1cccc([N+](C)(C)C)c1. The van der Waals surface area contributed by atoms with Gasteiger partial charge in [0.05, 0.1) is 21.1 Å². The molecule has 1 rings (SSSR count). The van der Waals surface area contributed by atoms with E-state index < -0.39 is 0 Å². The molecule has 0 unspecified atom stereocenters. The fourth-order valence-electron chi connectivity index (χ4n) is 1.01. The Morgan fingerprint density at radius 1 is 1.25 bits per heavy atom. The second-order valence-electron chi connectivity index (χ2n) is 3.71. The molecule has 0 heterocycles. The van der Waals surface area contributed by atoms with Gasteiger partial charge in [0.25, 0.3) is 0 Å². The molecule has 1 aromatic carbocycles. The van der Waals surface area contributed by atoms with Gasteiger partial charge >= 0.3 is 0 Å². The maximum Gasteiger partial charge on any atom is 0.133 e. The molecule has 1 nitrogen and oxygen atoms in total. The molecular weight excluding hydrogens is 146 g/mol. The normalized spacial score (nSPS) is 10.8. The van der Waals surface area contributed by atoms with Crippen molar-refractivity contribution in [3.8, 4) is 12.3 Å². The predicted octanol–water partition coefficient (Wildman–Crippen LogP) is 1.86. The fourth-order valence-corrected chi connectivity index (χ4v) is 1.01. The monoisotopic (exact) mass is 160 g/mol. The van der Waals surface area contributed by atoms with Gasteiger partial charge in [-0.25, -0.2) is 0 Å². The first kappa shape index (κ1) is 8.83. The zero-order chi connectivity index (χ0) is 9.19. The Hall–Kier alpha value is -1.26. The summed E-state index contributed by atoms with van der Waals surface area (Å²) in [5.74, 6) is 2.63. The summed E-state index contributed by atoms with van der Waals surface area (Å²) < 4.78 is 0.801. The van der Waals surface area contributed by atoms with E-state index in [0.29, 0.717) is 0 Å². The Kier molecular flexibility index (Phi) is 2.21. The summed E-state index contributed by atoms with van der Waals surface area (Å²) >= 11 is 0. The number of hydrogen-bond donors (Lipinski definition) is 0. The van der Waals surface area contributed by atoms with Crippen LogP contribution < -0.4 is 4.48 Å². The van der Waals surface area contributed by atoms with Crippen molar-refractivity contribution < 1.29 is 0 Å². The van der Waals surface area contributed by atoms with Crippen molar-refractivity contribution in [1.82, 2.24) is 4.48 Å². The van der Waals surface area contributed by atoms with E-state index in [1.807, 2.05) is 18.2 Å². The summed E-state index contributed by atoms with van der Waals surface area (Å²) in [7, 11) is 6.36. The molecule has 0 fully saturated rings. The van der Waals surface area contributed by atoms with Crippen LogP contribution in [0.15, 0.2) is 24.3 Å². The molecule has 0 saturated heterocycles. The van der Waals surface area contributed by atoms with Crippen molar-refractivity contribution in [3.63, 3.8) is 0 Å². The summed E-state index contributed by atoms with van der Waals surface area (Å²) in [5.41, 5.74) is 2.17. The Morgan fingerprint density at radius 2 is 1.92 bits per heavy atom. The summed E-state index contributed by atoms with van der Waals surface area (Å²) in [6.07, 6.45) is 5.31. The number of quaternary nitrogens is 1. The highest BCUT2D eigenvalue weighted by Crippen LogP contribution is 2.17. The minimum Gasteiger partial charge on any atom is -0.298 e. The highest BCUT2D eigenvalue weighted by atomic mass is 15.3. The zero-order valence-electron chi connectivity index (χ0n) is 7.83. The van der Waals surface area contributed by atoms with E-state index in [4.69, 9.17) is 6.42 Å². The smallest absolute Gasteiger partial charge is 0.133 e. The summed E-state index contributed by atoms with van der Waals surface area (Å²) in [4.78, 5) is 0. The Balaban J connectivity index is 3.13. The third-order valence-corrected chi connectivity index (χ3v) is 1.79. The van der Waals surface area contributed by atoms with Crippen molar-refractivity contribution in [1.29, 1.82) is 0 Å². The fraction of sp³-hybridized carbons (Fsp3) is 0.273. The molecule has 0 amide bonds. The average molecular weight is 160 g/mol. The van der Waals surface area contributed by atoms with E-state index in [9.17, 15) is 0 Å². The number of rotatable bonds is 1. The molecule has 1 heteroatoms. The Bertz CT molecular complexity index is 313. The van der Waals surface area contributed by atoms with Gasteiger partial charge in [0.15, 0.2) is 0 Å². The molecule has 0 aliphatic carbocycles. The first-order valence-corrected chi connectivity index (χ1v) is 3.93. The predicted molar refractivity (Wildman–Crippen MR) is 53.9 cm³/mol. The van der Waals surface area contributed by atoms with Crippen LogP contribution in [-0.4, -0.2) is 21.1 Å². The molecule has 0 bridgehead atoms. The molecule has 0 saturated carbocycles. The van der Waals surface area contributed by atoms with E-state index in [-0.39, 0.29) is 0 Å². The molecule has 0 radical (unpaired) electrons. The summed E-state index contributed by atoms with van der Waals surface area (Å²) in [6, 6.07) is 8.06. The molecule has 0 aromatic heterocycles. The second-order valence-corrected chi connectivity index (χ2v) is 3.71. The van der Waals surface area contributed by atoms with Crippen LogP contribution in [0.3, 0.4) is 0 Å². The molecule has 0 atom stereocenters. The van der Waals surface area contributed by atoms with Crippen LogP contribution >= 0.6 is 0 Å². The Morgan fingerprint density at radius 3 is 2.42 bits per heavy atom. The number of terminal acetylenes is 1. The Labute approximate surface area is 74.2 Å². The largest absolute Gasteiger partial charge is 0.298 e. The van der Waals surface area contributed by atoms with Gasteiger partial charge in [-0.1, -0.05) is 12.0 Å². The van der Waals surface area contributed by atoms with Crippen LogP contribution in [-0.2, 0) is 0 Å². The van der Waals surface area contributed by atoms with Gasteiger partial charge in [-0.3, -0.25) is 4.48 Å². The minimum absolute atomic E-state index is 0.801. The molecule has 1 aromatic rings. The van der Waals surface area contributed by atoms with Crippen LogP contribution in [0.25, 0.3) is 0 Å². The molecule has 12 heavy (non-hydrogen) atoms. The van der Waals surface area contributed by atoms with E-state index in [0.717, 1.165) is 10.0 Å². The number of benzene rings is 1. The lowest BCUT2D eigenvalue weighted by atomic mass is 10.2. The van der Waals surface area contributed by atoms with Crippen LogP contribution in [0, 0.1) is 12.3 Å². The van der Waals surface area contributed by atoms with Crippen molar-refractivity contribution in [3.05, 3.63) is 29.8 Å². The standard InChI is InChI=1S/C11H14N/c1-5-10-7-6-8-11(9-10)12(2,3)4/h1,6-9H,2-4H3/q+1. The molecular formula is C11H14N+. The first-order valence-electron chi connectivity index (χ1n) is 3.93. The quantitative estimate of drug-likeness (QED) is 0.434. The van der Waals surface area contributed by atoms with Gasteiger partial charge in [-0.15, -0.1) is 6.42 Å². The lowest BCUT2D eigenvalue weighted by Crippen LogP contribution is -2.34. The molecule has 0 spiro atoms. The van der Waals surface area contributed by atoms with Crippen molar-refractivity contribution in [2.24, 2.45) is 0 Å². The third kappa shape index (κ3) is 1.87. The highest BCUT2D eigenvalue weighted by molar-refractivity contribution is 5.48. The molecule has 62 valence electrons. The second kappa shape index (κ2) is 3.00. The highest BCUT2D eigenvalue weighted by Gasteiger charge is 2.10. The maximum atomic E-state index is 5.31. The topological polar surface area (TPSA) is 0 Å². The van der Waals surface area contributed by atoms with Gasteiger partial charge in [-0.05, 0) is 12.1 Å². The van der Waals surface area contributed by atoms with Gasteiger partial charge in [0, 0.05) is 11.6 Å². The zero-order valence-corrected chi connectivity index (χ0v) is 7.83. The lowest BCUT2D eigenvalue weighted by molar-refractivity contribution is 0.486. The van der Waals surface area contributed by atoms with Gasteiger partial charge in [-0.2, -0.15) is 0 Å². The third-order valence-electron chi connectivity index (χ3n) is 1.79. The van der Waals surface area contributed by atoms with Crippen molar-refractivity contribution in [2.45, 2.75) is 0 Å². The van der Waals surface area contributed by atoms with E-state index in [1.54, 1.807) is 0 Å². The van der Waals surface area contributed by atoms with Crippen LogP contribution in [0.5, 0.6) is 0 Å². The van der Waals surface area contributed by atoms with Crippen LogP contribution in [0.1, 0.15) is 5.56 Å². The molecule has 0 aliphatic rings. The van der Waals surface area contributed by atoms with Gasteiger partial charge in [0.1, 0.15) is 5.69 Å². The summed E-state index contributed by atoms with van der Waals surface area (Å²) in [5, 5.41) is 0. The van der Waals surface area contributed by atoms with Gasteiger partial charge < -0.3 is 0 Å². The first-order chi connectivity index (χ1) is 5.54. The number of nitrogens with zero attached hydrogens (tertiary/aromatic N) is 1. The van der Waals surface area contributed by atoms with E-state index in [1.165, 1.54) is 5.69 Å². The maximum absolute atomic E-state index is 5.31. The van der Waals surface area contributed by atoms with Crippen molar-refractivity contribution >= 4 is 5.69 Å². The molecule has 0 aliphatic heterocycles. The van der Waals surface area contributed by atoms with E-state index >= 15 is 0 Å². The number of hydrogen-bond acceptors (Lipinski definition) is 0. The lowest BCUT2D eigenvalue weighted by Gasteiger charge is -2.23. The molecule has 0 N–H and O–H groups in total.